The normalized spacial score (nSPS) is 11.9. The summed E-state index contributed by atoms with van der Waals surface area (Å²) in [5.41, 5.74) is 0. The molecule has 120 valence electrons. The molecule has 1 aromatic rings. The monoisotopic (exact) mass is 426 g/mol. The molecule has 0 radical (unpaired) electrons. The highest BCUT2D eigenvalue weighted by Gasteiger charge is 2.11. The zero-order chi connectivity index (χ0) is 15.0. The molecular formula is C13H23IN4O2S. The summed E-state index contributed by atoms with van der Waals surface area (Å²) in [6.45, 7) is 4.75. The van der Waals surface area contributed by atoms with Crippen LogP contribution in [0.1, 0.15) is 13.8 Å². The quantitative estimate of drug-likeness (QED) is 0.276. The fourth-order valence-corrected chi connectivity index (χ4v) is 2.57. The van der Waals surface area contributed by atoms with Crippen molar-refractivity contribution in [3.8, 4) is 0 Å². The standard InChI is InChI=1S/C13H22N4O2S.HI/c1-11(2)17-13(14-3)15-9-10-16-20(18,19)12-7-5-4-6-8-12;/h4-8,11,16H,9-10H2,1-3H3,(H2,14,15,17);1H. The number of aliphatic imine (C=N–C) groups is 1. The Bertz CT molecular complexity index is 532. The molecule has 0 saturated carbocycles. The van der Waals surface area contributed by atoms with Gasteiger partial charge in [0.2, 0.25) is 10.0 Å². The molecule has 0 aliphatic rings. The van der Waals surface area contributed by atoms with Crippen LogP contribution in [0.5, 0.6) is 0 Å². The van der Waals surface area contributed by atoms with Crippen LogP contribution in [0.15, 0.2) is 40.2 Å². The highest BCUT2D eigenvalue weighted by molar-refractivity contribution is 14.0. The van der Waals surface area contributed by atoms with Crippen LogP contribution in [0.3, 0.4) is 0 Å². The van der Waals surface area contributed by atoms with Crippen molar-refractivity contribution in [2.75, 3.05) is 20.1 Å². The summed E-state index contributed by atoms with van der Waals surface area (Å²) in [5, 5.41) is 6.16. The minimum atomic E-state index is -3.44. The van der Waals surface area contributed by atoms with Gasteiger partial charge in [0.15, 0.2) is 5.96 Å². The molecular weight excluding hydrogens is 403 g/mol. The maximum Gasteiger partial charge on any atom is 0.240 e. The predicted octanol–water partition coefficient (Wildman–Crippen LogP) is 1.16. The maximum absolute atomic E-state index is 11.9. The van der Waals surface area contributed by atoms with Crippen molar-refractivity contribution in [2.24, 2.45) is 4.99 Å². The maximum atomic E-state index is 11.9. The summed E-state index contributed by atoms with van der Waals surface area (Å²) in [6, 6.07) is 8.57. The molecule has 0 amide bonds. The van der Waals surface area contributed by atoms with Crippen LogP contribution >= 0.6 is 24.0 Å². The molecule has 3 N–H and O–H groups in total. The lowest BCUT2D eigenvalue weighted by atomic mass is 10.4. The van der Waals surface area contributed by atoms with E-state index >= 15 is 0 Å². The molecule has 0 aliphatic heterocycles. The second kappa shape index (κ2) is 9.96. The van der Waals surface area contributed by atoms with E-state index in [0.717, 1.165) is 0 Å². The Morgan fingerprint density at radius 3 is 2.33 bits per heavy atom. The van der Waals surface area contributed by atoms with Gasteiger partial charge >= 0.3 is 0 Å². The summed E-state index contributed by atoms with van der Waals surface area (Å²) >= 11 is 0. The number of hydrogen-bond acceptors (Lipinski definition) is 3. The Kier molecular flexibility index (Phi) is 9.54. The summed E-state index contributed by atoms with van der Waals surface area (Å²) < 4.78 is 26.4. The van der Waals surface area contributed by atoms with E-state index in [1.54, 1.807) is 37.4 Å². The molecule has 8 heteroatoms. The van der Waals surface area contributed by atoms with Crippen molar-refractivity contribution < 1.29 is 8.42 Å². The van der Waals surface area contributed by atoms with Gasteiger partial charge < -0.3 is 10.6 Å². The summed E-state index contributed by atoms with van der Waals surface area (Å²) in [5.74, 6) is 0.652. The van der Waals surface area contributed by atoms with Crippen molar-refractivity contribution >= 4 is 40.0 Å². The van der Waals surface area contributed by atoms with Crippen molar-refractivity contribution in [3.63, 3.8) is 0 Å². The molecule has 6 nitrogen and oxygen atoms in total. The minimum absolute atomic E-state index is 0. The number of rotatable bonds is 6. The average molecular weight is 426 g/mol. The van der Waals surface area contributed by atoms with Gasteiger partial charge in [-0.05, 0) is 26.0 Å². The second-order valence-corrected chi connectivity index (χ2v) is 6.28. The van der Waals surface area contributed by atoms with Crippen LogP contribution in [0.25, 0.3) is 0 Å². The van der Waals surface area contributed by atoms with Crippen molar-refractivity contribution in [3.05, 3.63) is 30.3 Å². The number of nitrogens with one attached hydrogen (secondary N) is 3. The lowest BCUT2D eigenvalue weighted by molar-refractivity contribution is 0.580. The summed E-state index contributed by atoms with van der Waals surface area (Å²) in [4.78, 5) is 4.31. The second-order valence-electron chi connectivity index (χ2n) is 4.51. The van der Waals surface area contributed by atoms with Gasteiger partial charge in [0.05, 0.1) is 4.90 Å². The molecule has 0 saturated heterocycles. The highest BCUT2D eigenvalue weighted by Crippen LogP contribution is 2.06. The predicted molar refractivity (Wildman–Crippen MR) is 96.7 cm³/mol. The molecule has 0 heterocycles. The number of benzene rings is 1. The van der Waals surface area contributed by atoms with E-state index in [0.29, 0.717) is 12.5 Å². The van der Waals surface area contributed by atoms with E-state index in [4.69, 9.17) is 0 Å². The van der Waals surface area contributed by atoms with E-state index in [2.05, 4.69) is 20.3 Å². The molecule has 0 fully saturated rings. The molecule has 0 unspecified atom stereocenters. The number of hydrogen-bond donors (Lipinski definition) is 3. The molecule has 0 spiro atoms. The zero-order valence-electron chi connectivity index (χ0n) is 12.5. The third-order valence-corrected chi connectivity index (χ3v) is 3.89. The van der Waals surface area contributed by atoms with Gasteiger partial charge in [0, 0.05) is 26.2 Å². The lowest BCUT2D eigenvalue weighted by Crippen LogP contribution is -2.43. The molecule has 21 heavy (non-hydrogen) atoms. The Hall–Kier alpha value is -0.870. The van der Waals surface area contributed by atoms with E-state index in [-0.39, 0.29) is 41.5 Å². The van der Waals surface area contributed by atoms with Crippen LogP contribution in [-0.2, 0) is 10.0 Å². The van der Waals surface area contributed by atoms with Gasteiger partial charge in [0.1, 0.15) is 0 Å². The SMILES string of the molecule is CN=C(NCCNS(=O)(=O)c1ccccc1)NC(C)C.I. The summed E-state index contributed by atoms with van der Waals surface area (Å²) in [6.07, 6.45) is 0. The van der Waals surface area contributed by atoms with Crippen LogP contribution < -0.4 is 15.4 Å². The lowest BCUT2D eigenvalue weighted by Gasteiger charge is -2.14. The molecule has 0 aromatic heterocycles. The largest absolute Gasteiger partial charge is 0.355 e. The van der Waals surface area contributed by atoms with Gasteiger partial charge in [-0.15, -0.1) is 24.0 Å². The number of nitrogens with zero attached hydrogens (tertiary/aromatic N) is 1. The Labute approximate surface area is 143 Å². The molecule has 0 aliphatic carbocycles. The van der Waals surface area contributed by atoms with Gasteiger partial charge in [-0.25, -0.2) is 13.1 Å². The Balaban J connectivity index is 0.00000400. The first kappa shape index (κ1) is 20.1. The van der Waals surface area contributed by atoms with Gasteiger partial charge in [-0.3, -0.25) is 4.99 Å². The first-order valence-corrected chi connectivity index (χ1v) is 7.96. The number of guanidine groups is 1. The number of halogens is 1. The van der Waals surface area contributed by atoms with Crippen LogP contribution in [-0.4, -0.2) is 40.6 Å². The highest BCUT2D eigenvalue weighted by atomic mass is 127. The molecule has 1 rings (SSSR count). The molecule has 0 atom stereocenters. The Morgan fingerprint density at radius 1 is 1.19 bits per heavy atom. The average Bonchev–Trinajstić information content (AvgIpc) is 2.42. The molecule has 1 aromatic carbocycles. The third kappa shape index (κ3) is 7.63. The van der Waals surface area contributed by atoms with Crippen molar-refractivity contribution in [2.45, 2.75) is 24.8 Å². The smallest absolute Gasteiger partial charge is 0.240 e. The first-order valence-electron chi connectivity index (χ1n) is 6.47. The first-order chi connectivity index (χ1) is 9.45. The topological polar surface area (TPSA) is 82.6 Å². The van der Waals surface area contributed by atoms with E-state index in [1.807, 2.05) is 13.8 Å². The zero-order valence-corrected chi connectivity index (χ0v) is 15.6. The fraction of sp³-hybridized carbons (Fsp3) is 0.462. The van der Waals surface area contributed by atoms with Crippen molar-refractivity contribution in [1.29, 1.82) is 0 Å². The summed E-state index contributed by atoms with van der Waals surface area (Å²) in [7, 11) is -1.77. The van der Waals surface area contributed by atoms with Crippen LogP contribution in [0, 0.1) is 0 Å². The fourth-order valence-electron chi connectivity index (χ4n) is 1.52. The van der Waals surface area contributed by atoms with Gasteiger partial charge in [-0.2, -0.15) is 0 Å². The minimum Gasteiger partial charge on any atom is -0.355 e. The molecule has 0 bridgehead atoms. The third-order valence-electron chi connectivity index (χ3n) is 2.41. The Morgan fingerprint density at radius 2 is 1.81 bits per heavy atom. The van der Waals surface area contributed by atoms with E-state index in [1.165, 1.54) is 0 Å². The van der Waals surface area contributed by atoms with Crippen LogP contribution in [0.4, 0.5) is 0 Å². The van der Waals surface area contributed by atoms with E-state index < -0.39 is 10.0 Å². The van der Waals surface area contributed by atoms with Gasteiger partial charge in [0.25, 0.3) is 0 Å². The van der Waals surface area contributed by atoms with Crippen LogP contribution in [0.2, 0.25) is 0 Å². The van der Waals surface area contributed by atoms with Gasteiger partial charge in [-0.1, -0.05) is 18.2 Å². The van der Waals surface area contributed by atoms with Crippen molar-refractivity contribution in [1.82, 2.24) is 15.4 Å². The number of sulfonamides is 1. The van der Waals surface area contributed by atoms with E-state index in [9.17, 15) is 8.42 Å².